The summed E-state index contributed by atoms with van der Waals surface area (Å²) >= 11 is 5.76. The molecule has 0 aromatic heterocycles. The van der Waals surface area contributed by atoms with E-state index in [0.717, 1.165) is 31.6 Å². The fraction of sp³-hybridized carbons (Fsp3) is 0.538. The van der Waals surface area contributed by atoms with Gasteiger partial charge in [-0.1, -0.05) is 17.7 Å². The van der Waals surface area contributed by atoms with Gasteiger partial charge in [0.1, 0.15) is 5.82 Å². The van der Waals surface area contributed by atoms with Crippen LogP contribution in [-0.4, -0.2) is 19.3 Å². The molecule has 1 fully saturated rings. The maximum absolute atomic E-state index is 13.0. The molecule has 2 rings (SSSR count). The summed E-state index contributed by atoms with van der Waals surface area (Å²) in [7, 11) is 0. The van der Waals surface area contributed by atoms with Crippen LogP contribution in [0, 0.1) is 5.82 Å². The highest BCUT2D eigenvalue weighted by Crippen LogP contribution is 2.21. The summed E-state index contributed by atoms with van der Waals surface area (Å²) < 4.78 is 18.6. The maximum atomic E-state index is 13.0. The average Bonchev–Trinajstić information content (AvgIpc) is 2.82. The molecule has 1 heterocycles. The molecule has 0 saturated carbocycles. The molecule has 94 valence electrons. The maximum Gasteiger partial charge on any atom is 0.141 e. The lowest BCUT2D eigenvalue weighted by atomic mass is 10.1. The number of benzene rings is 1. The van der Waals surface area contributed by atoms with Gasteiger partial charge >= 0.3 is 0 Å². The van der Waals surface area contributed by atoms with E-state index in [2.05, 4.69) is 5.32 Å². The molecule has 1 aliphatic rings. The van der Waals surface area contributed by atoms with E-state index in [9.17, 15) is 4.39 Å². The van der Waals surface area contributed by atoms with Crippen molar-refractivity contribution in [3.05, 3.63) is 34.6 Å². The van der Waals surface area contributed by atoms with Gasteiger partial charge in [0, 0.05) is 19.2 Å². The molecule has 4 heteroatoms. The second-order valence-corrected chi connectivity index (χ2v) is 4.85. The van der Waals surface area contributed by atoms with Crippen molar-refractivity contribution in [3.63, 3.8) is 0 Å². The quantitative estimate of drug-likeness (QED) is 0.894. The zero-order valence-electron chi connectivity index (χ0n) is 9.88. The number of ether oxygens (including phenoxy) is 1. The highest BCUT2D eigenvalue weighted by atomic mass is 35.5. The zero-order chi connectivity index (χ0) is 12.3. The van der Waals surface area contributed by atoms with Crippen molar-refractivity contribution in [3.8, 4) is 0 Å². The van der Waals surface area contributed by atoms with E-state index in [-0.39, 0.29) is 16.9 Å². The minimum Gasteiger partial charge on any atom is -0.377 e. The van der Waals surface area contributed by atoms with Crippen LogP contribution in [0.15, 0.2) is 18.2 Å². The van der Waals surface area contributed by atoms with E-state index in [4.69, 9.17) is 16.3 Å². The Labute approximate surface area is 106 Å². The van der Waals surface area contributed by atoms with E-state index in [0.29, 0.717) is 6.10 Å². The standard InChI is InChI=1S/C13H17ClFNO/c1-9(16-8-11-3-2-6-17-11)10-4-5-13(15)12(14)7-10/h4-5,7,9,11,16H,2-3,6,8H2,1H3. The lowest BCUT2D eigenvalue weighted by Crippen LogP contribution is -2.28. The Balaban J connectivity index is 1.89. The van der Waals surface area contributed by atoms with Crippen molar-refractivity contribution < 1.29 is 9.13 Å². The second kappa shape index (κ2) is 5.80. The molecule has 0 aliphatic carbocycles. The molecule has 0 amide bonds. The summed E-state index contributed by atoms with van der Waals surface area (Å²) in [6.07, 6.45) is 2.57. The molecule has 2 nitrogen and oxygen atoms in total. The fourth-order valence-corrected chi connectivity index (χ4v) is 2.20. The number of hydrogen-bond acceptors (Lipinski definition) is 2. The van der Waals surface area contributed by atoms with Gasteiger partial charge in [-0.25, -0.2) is 4.39 Å². The van der Waals surface area contributed by atoms with Crippen LogP contribution in [0.2, 0.25) is 5.02 Å². The van der Waals surface area contributed by atoms with Crippen LogP contribution in [0.3, 0.4) is 0 Å². The van der Waals surface area contributed by atoms with E-state index in [1.165, 1.54) is 6.07 Å². The van der Waals surface area contributed by atoms with Gasteiger partial charge in [-0.3, -0.25) is 0 Å². The van der Waals surface area contributed by atoms with Gasteiger partial charge in [-0.05, 0) is 37.5 Å². The number of halogens is 2. The van der Waals surface area contributed by atoms with Crippen molar-refractivity contribution >= 4 is 11.6 Å². The van der Waals surface area contributed by atoms with Gasteiger partial charge in [-0.2, -0.15) is 0 Å². The van der Waals surface area contributed by atoms with E-state index in [1.54, 1.807) is 12.1 Å². The number of nitrogens with one attached hydrogen (secondary N) is 1. The first-order valence-electron chi connectivity index (χ1n) is 5.97. The Morgan fingerprint density at radius 3 is 3.06 bits per heavy atom. The summed E-state index contributed by atoms with van der Waals surface area (Å²) in [6, 6.07) is 4.98. The molecule has 17 heavy (non-hydrogen) atoms. The van der Waals surface area contributed by atoms with Crippen LogP contribution < -0.4 is 5.32 Å². The molecular formula is C13H17ClFNO. The molecular weight excluding hydrogens is 241 g/mol. The predicted octanol–water partition coefficient (Wildman–Crippen LogP) is 3.31. The SMILES string of the molecule is CC(NCC1CCCO1)c1ccc(F)c(Cl)c1. The summed E-state index contributed by atoms with van der Waals surface area (Å²) in [4.78, 5) is 0. The van der Waals surface area contributed by atoms with Gasteiger partial charge in [0.2, 0.25) is 0 Å². The molecule has 1 aromatic carbocycles. The van der Waals surface area contributed by atoms with Crippen molar-refractivity contribution in [2.45, 2.75) is 31.9 Å². The van der Waals surface area contributed by atoms with Crippen LogP contribution in [0.25, 0.3) is 0 Å². The minimum atomic E-state index is -0.373. The predicted molar refractivity (Wildman–Crippen MR) is 66.8 cm³/mol. The van der Waals surface area contributed by atoms with Gasteiger partial charge in [0.15, 0.2) is 0 Å². The molecule has 0 spiro atoms. The lowest BCUT2D eigenvalue weighted by Gasteiger charge is -2.17. The molecule has 0 bridgehead atoms. The molecule has 1 saturated heterocycles. The summed E-state index contributed by atoms with van der Waals surface area (Å²) in [5.41, 5.74) is 0.995. The molecule has 1 aliphatic heterocycles. The Kier molecular flexibility index (Phi) is 4.37. The van der Waals surface area contributed by atoms with Gasteiger partial charge in [0.05, 0.1) is 11.1 Å². The first kappa shape index (κ1) is 12.8. The highest BCUT2D eigenvalue weighted by molar-refractivity contribution is 6.30. The molecule has 1 N–H and O–H groups in total. The average molecular weight is 258 g/mol. The first-order valence-corrected chi connectivity index (χ1v) is 6.34. The van der Waals surface area contributed by atoms with Crippen LogP contribution in [0.5, 0.6) is 0 Å². The van der Waals surface area contributed by atoms with Crippen molar-refractivity contribution in [1.82, 2.24) is 5.32 Å². The van der Waals surface area contributed by atoms with Gasteiger partial charge in [-0.15, -0.1) is 0 Å². The van der Waals surface area contributed by atoms with Crippen molar-refractivity contribution in [2.24, 2.45) is 0 Å². The third-order valence-electron chi connectivity index (χ3n) is 3.12. The first-order chi connectivity index (χ1) is 8.16. The van der Waals surface area contributed by atoms with E-state index in [1.807, 2.05) is 6.92 Å². The fourth-order valence-electron chi connectivity index (χ4n) is 2.01. The Morgan fingerprint density at radius 2 is 2.41 bits per heavy atom. The smallest absolute Gasteiger partial charge is 0.141 e. The zero-order valence-corrected chi connectivity index (χ0v) is 10.6. The molecule has 2 atom stereocenters. The Morgan fingerprint density at radius 1 is 1.59 bits per heavy atom. The van der Waals surface area contributed by atoms with Crippen LogP contribution in [0.1, 0.15) is 31.4 Å². The van der Waals surface area contributed by atoms with Crippen LogP contribution in [-0.2, 0) is 4.74 Å². The second-order valence-electron chi connectivity index (χ2n) is 4.44. The van der Waals surface area contributed by atoms with Crippen molar-refractivity contribution in [1.29, 1.82) is 0 Å². The Bertz CT molecular complexity index is 380. The number of rotatable bonds is 4. The van der Waals surface area contributed by atoms with Crippen molar-refractivity contribution in [2.75, 3.05) is 13.2 Å². The summed E-state index contributed by atoms with van der Waals surface area (Å²) in [5, 5.41) is 3.56. The molecule has 2 unspecified atom stereocenters. The lowest BCUT2D eigenvalue weighted by molar-refractivity contribution is 0.108. The van der Waals surface area contributed by atoms with E-state index >= 15 is 0 Å². The highest BCUT2D eigenvalue weighted by Gasteiger charge is 2.16. The molecule has 0 radical (unpaired) electrons. The molecule has 1 aromatic rings. The summed E-state index contributed by atoms with van der Waals surface area (Å²) in [6.45, 7) is 3.73. The largest absolute Gasteiger partial charge is 0.377 e. The van der Waals surface area contributed by atoms with Crippen LogP contribution in [0.4, 0.5) is 4.39 Å². The minimum absolute atomic E-state index is 0.150. The van der Waals surface area contributed by atoms with E-state index < -0.39 is 0 Å². The van der Waals surface area contributed by atoms with Gasteiger partial charge in [0.25, 0.3) is 0 Å². The normalized spacial score (nSPS) is 21.7. The Hall–Kier alpha value is -0.640. The topological polar surface area (TPSA) is 21.3 Å². The van der Waals surface area contributed by atoms with Crippen LogP contribution >= 0.6 is 11.6 Å². The van der Waals surface area contributed by atoms with Gasteiger partial charge < -0.3 is 10.1 Å². The number of hydrogen-bond donors (Lipinski definition) is 1. The third kappa shape index (κ3) is 3.41. The third-order valence-corrected chi connectivity index (χ3v) is 3.41. The summed E-state index contributed by atoms with van der Waals surface area (Å²) in [5.74, 6) is -0.373. The monoisotopic (exact) mass is 257 g/mol.